The molecule has 3 heterocycles. The highest BCUT2D eigenvalue weighted by atomic mass is 19.4. The van der Waals surface area contributed by atoms with Crippen molar-refractivity contribution in [3.63, 3.8) is 0 Å². The second kappa shape index (κ2) is 9.10. The standard InChI is InChI=1S/C25H16F4N6O/c26-19-7-6-16(12-20(19)35-24(36)14-3-1-4-15(11-14)25(27,28)29)34-23-17(5-2-9-30-23)21-18-8-10-31-22(18)33-13-32-21/h1-13H,(H,30,34)(H,35,36)(H,31,32,33). The fourth-order valence-electron chi connectivity index (χ4n) is 3.65. The van der Waals surface area contributed by atoms with Gasteiger partial charge in [0.2, 0.25) is 0 Å². The number of hydrogen-bond donors (Lipinski definition) is 3. The van der Waals surface area contributed by atoms with E-state index in [4.69, 9.17) is 0 Å². The summed E-state index contributed by atoms with van der Waals surface area (Å²) in [4.78, 5) is 28.5. The molecular formula is C25H16F4N6O. The number of H-pyrrole nitrogens is 1. The number of anilines is 3. The van der Waals surface area contributed by atoms with Gasteiger partial charge in [-0.15, -0.1) is 0 Å². The first-order valence-corrected chi connectivity index (χ1v) is 10.6. The van der Waals surface area contributed by atoms with Gasteiger partial charge >= 0.3 is 6.18 Å². The van der Waals surface area contributed by atoms with Gasteiger partial charge < -0.3 is 15.6 Å². The number of aromatic amines is 1. The minimum atomic E-state index is -4.61. The Labute approximate surface area is 201 Å². The van der Waals surface area contributed by atoms with Crippen molar-refractivity contribution in [1.82, 2.24) is 19.9 Å². The van der Waals surface area contributed by atoms with Crippen LogP contribution in [0, 0.1) is 5.82 Å². The highest BCUT2D eigenvalue weighted by Crippen LogP contribution is 2.33. The molecule has 1 amide bonds. The fourth-order valence-corrected chi connectivity index (χ4v) is 3.65. The van der Waals surface area contributed by atoms with E-state index < -0.39 is 23.5 Å². The van der Waals surface area contributed by atoms with Gasteiger partial charge in [0.15, 0.2) is 0 Å². The predicted molar refractivity (Wildman–Crippen MR) is 126 cm³/mol. The molecule has 0 bridgehead atoms. The molecule has 0 spiro atoms. The highest BCUT2D eigenvalue weighted by Gasteiger charge is 2.31. The van der Waals surface area contributed by atoms with Crippen LogP contribution in [0.25, 0.3) is 22.3 Å². The smallest absolute Gasteiger partial charge is 0.346 e. The maximum atomic E-state index is 14.5. The van der Waals surface area contributed by atoms with E-state index in [0.29, 0.717) is 34.5 Å². The molecule has 0 fully saturated rings. The third kappa shape index (κ3) is 4.58. The molecule has 36 heavy (non-hydrogen) atoms. The molecule has 3 aromatic heterocycles. The van der Waals surface area contributed by atoms with Crippen LogP contribution in [0.2, 0.25) is 0 Å². The van der Waals surface area contributed by atoms with Gasteiger partial charge in [-0.25, -0.2) is 19.3 Å². The molecule has 0 atom stereocenters. The highest BCUT2D eigenvalue weighted by molar-refractivity contribution is 6.04. The summed E-state index contributed by atoms with van der Waals surface area (Å²) in [6.07, 6.45) is 0.124. The summed E-state index contributed by atoms with van der Waals surface area (Å²) in [5, 5.41) is 6.20. The molecule has 0 aliphatic heterocycles. The van der Waals surface area contributed by atoms with Crippen LogP contribution < -0.4 is 10.6 Å². The summed E-state index contributed by atoms with van der Waals surface area (Å²) in [5.74, 6) is -1.22. The summed E-state index contributed by atoms with van der Waals surface area (Å²) in [6, 6.07) is 13.2. The minimum absolute atomic E-state index is 0.213. The van der Waals surface area contributed by atoms with Crippen molar-refractivity contribution in [3.8, 4) is 11.3 Å². The average Bonchev–Trinajstić information content (AvgIpc) is 3.35. The van der Waals surface area contributed by atoms with Crippen LogP contribution in [0.3, 0.4) is 0 Å². The molecule has 5 rings (SSSR count). The van der Waals surface area contributed by atoms with Crippen LogP contribution in [-0.4, -0.2) is 25.8 Å². The van der Waals surface area contributed by atoms with Gasteiger partial charge in [-0.3, -0.25) is 4.79 Å². The second-order valence-corrected chi connectivity index (χ2v) is 7.71. The van der Waals surface area contributed by atoms with Crippen molar-refractivity contribution < 1.29 is 22.4 Å². The number of nitrogens with zero attached hydrogens (tertiary/aromatic N) is 3. The molecule has 0 unspecified atom stereocenters. The minimum Gasteiger partial charge on any atom is -0.346 e. The van der Waals surface area contributed by atoms with E-state index in [0.717, 1.165) is 23.6 Å². The number of carbonyl (C=O) groups excluding carboxylic acids is 1. The summed E-state index contributed by atoms with van der Waals surface area (Å²) >= 11 is 0. The zero-order chi connectivity index (χ0) is 25.3. The van der Waals surface area contributed by atoms with Gasteiger partial charge in [-0.1, -0.05) is 6.07 Å². The van der Waals surface area contributed by atoms with E-state index in [1.807, 2.05) is 12.1 Å². The lowest BCUT2D eigenvalue weighted by Crippen LogP contribution is -2.15. The van der Waals surface area contributed by atoms with E-state index in [2.05, 4.69) is 30.6 Å². The fraction of sp³-hybridized carbons (Fsp3) is 0.0400. The molecule has 11 heteroatoms. The molecule has 7 nitrogen and oxygen atoms in total. The van der Waals surface area contributed by atoms with Crippen LogP contribution in [-0.2, 0) is 6.18 Å². The van der Waals surface area contributed by atoms with Crippen LogP contribution in [0.4, 0.5) is 34.8 Å². The van der Waals surface area contributed by atoms with E-state index in [1.165, 1.54) is 24.5 Å². The Balaban J connectivity index is 1.43. The largest absolute Gasteiger partial charge is 0.416 e. The third-order valence-corrected chi connectivity index (χ3v) is 5.35. The first-order valence-electron chi connectivity index (χ1n) is 10.6. The molecule has 3 N–H and O–H groups in total. The number of nitrogens with one attached hydrogen (secondary N) is 3. The van der Waals surface area contributed by atoms with Crippen LogP contribution in [0.5, 0.6) is 0 Å². The zero-order valence-electron chi connectivity index (χ0n) is 18.3. The lowest BCUT2D eigenvalue weighted by Gasteiger charge is -2.13. The number of alkyl halides is 3. The molecule has 0 radical (unpaired) electrons. The Morgan fingerprint density at radius 3 is 2.64 bits per heavy atom. The average molecular weight is 492 g/mol. The summed E-state index contributed by atoms with van der Waals surface area (Å²) < 4.78 is 53.4. The number of hydrogen-bond acceptors (Lipinski definition) is 5. The van der Waals surface area contributed by atoms with Gasteiger partial charge in [0, 0.05) is 34.6 Å². The maximum absolute atomic E-state index is 14.5. The third-order valence-electron chi connectivity index (χ3n) is 5.35. The molecule has 2 aromatic carbocycles. The van der Waals surface area contributed by atoms with E-state index in [1.54, 1.807) is 18.5 Å². The van der Waals surface area contributed by atoms with Crippen molar-refractivity contribution in [1.29, 1.82) is 0 Å². The van der Waals surface area contributed by atoms with Crippen molar-refractivity contribution in [2.24, 2.45) is 0 Å². The summed E-state index contributed by atoms with van der Waals surface area (Å²) in [6.45, 7) is 0. The number of pyridine rings is 1. The Morgan fingerprint density at radius 2 is 1.81 bits per heavy atom. The molecule has 0 saturated heterocycles. The molecule has 5 aromatic rings. The van der Waals surface area contributed by atoms with Crippen LogP contribution in [0.1, 0.15) is 15.9 Å². The molecular weight excluding hydrogens is 476 g/mol. The zero-order valence-corrected chi connectivity index (χ0v) is 18.3. The second-order valence-electron chi connectivity index (χ2n) is 7.71. The number of benzene rings is 2. The van der Waals surface area contributed by atoms with Gasteiger partial charge in [-0.05, 0) is 54.6 Å². The number of amides is 1. The predicted octanol–water partition coefficient (Wildman–Crippen LogP) is 6.17. The lowest BCUT2D eigenvalue weighted by molar-refractivity contribution is -0.137. The van der Waals surface area contributed by atoms with Gasteiger partial charge in [-0.2, -0.15) is 13.2 Å². The normalized spacial score (nSPS) is 11.4. The van der Waals surface area contributed by atoms with Gasteiger partial charge in [0.05, 0.1) is 16.9 Å². The quantitative estimate of drug-likeness (QED) is 0.255. The number of aromatic nitrogens is 4. The van der Waals surface area contributed by atoms with Gasteiger partial charge in [0.25, 0.3) is 5.91 Å². The Bertz CT molecular complexity index is 1580. The number of fused-ring (bicyclic) bond motifs is 1. The Morgan fingerprint density at radius 1 is 0.944 bits per heavy atom. The molecule has 0 saturated carbocycles. The van der Waals surface area contributed by atoms with Crippen molar-refractivity contribution in [3.05, 3.63) is 96.3 Å². The van der Waals surface area contributed by atoms with E-state index in [-0.39, 0.29) is 11.3 Å². The monoisotopic (exact) mass is 492 g/mol. The van der Waals surface area contributed by atoms with Crippen molar-refractivity contribution in [2.45, 2.75) is 6.18 Å². The number of halogens is 4. The van der Waals surface area contributed by atoms with Crippen LogP contribution in [0.15, 0.2) is 79.4 Å². The summed E-state index contributed by atoms with van der Waals surface area (Å²) in [7, 11) is 0. The topological polar surface area (TPSA) is 95.6 Å². The van der Waals surface area contributed by atoms with Crippen molar-refractivity contribution >= 4 is 34.1 Å². The van der Waals surface area contributed by atoms with E-state index >= 15 is 0 Å². The Kier molecular flexibility index (Phi) is 5.80. The molecule has 180 valence electrons. The lowest BCUT2D eigenvalue weighted by atomic mass is 10.1. The molecule has 0 aliphatic carbocycles. The summed E-state index contributed by atoms with van der Waals surface area (Å²) in [5.41, 5.74) is 0.866. The Hall–Kier alpha value is -4.80. The maximum Gasteiger partial charge on any atom is 0.416 e. The number of carbonyl (C=O) groups is 1. The first kappa shape index (κ1) is 23.0. The first-order chi connectivity index (χ1) is 17.3. The molecule has 0 aliphatic rings. The van der Waals surface area contributed by atoms with Gasteiger partial charge in [0.1, 0.15) is 23.6 Å². The SMILES string of the molecule is O=C(Nc1cc(Nc2ncccc2-c2ncnc3[nH]ccc23)ccc1F)c1cccc(C(F)(F)F)c1. The van der Waals surface area contributed by atoms with Crippen LogP contribution >= 0.6 is 0 Å². The van der Waals surface area contributed by atoms with E-state index in [9.17, 15) is 22.4 Å². The van der Waals surface area contributed by atoms with Crippen molar-refractivity contribution in [2.75, 3.05) is 10.6 Å². The number of rotatable bonds is 5.